The lowest BCUT2D eigenvalue weighted by Gasteiger charge is -2.35. The molecule has 0 radical (unpaired) electrons. The van der Waals surface area contributed by atoms with E-state index in [1.54, 1.807) is 30.2 Å². The summed E-state index contributed by atoms with van der Waals surface area (Å²) in [5, 5.41) is 17.5. The van der Waals surface area contributed by atoms with Crippen molar-refractivity contribution in [2.45, 2.75) is 19.4 Å². The number of allylic oxidation sites excluding steroid dienone is 1. The molecule has 1 unspecified atom stereocenters. The molecule has 1 aliphatic heterocycles. The third-order valence-electron chi connectivity index (χ3n) is 5.55. The largest absolute Gasteiger partial charge is 0.504 e. The molecule has 9 heteroatoms. The predicted molar refractivity (Wildman–Crippen MR) is 121 cm³/mol. The molecule has 3 aromatic rings. The van der Waals surface area contributed by atoms with Crippen LogP contribution in [0.3, 0.4) is 0 Å². The molecule has 0 spiro atoms. The number of nitrogens with one attached hydrogen (secondary N) is 1. The fraction of sp³-hybridized carbons (Fsp3) is 0.292. The van der Waals surface area contributed by atoms with Gasteiger partial charge in [0.1, 0.15) is 0 Å². The molecule has 0 saturated carbocycles. The molecule has 33 heavy (non-hydrogen) atoms. The lowest BCUT2D eigenvalue weighted by Crippen LogP contribution is -2.46. The highest BCUT2D eigenvalue weighted by molar-refractivity contribution is 5.87. The van der Waals surface area contributed by atoms with Crippen LogP contribution in [0.5, 0.6) is 11.5 Å². The number of phenols is 1. The van der Waals surface area contributed by atoms with E-state index in [0.29, 0.717) is 53.9 Å². The van der Waals surface area contributed by atoms with E-state index in [-0.39, 0.29) is 11.8 Å². The minimum absolute atomic E-state index is 0.0284. The summed E-state index contributed by atoms with van der Waals surface area (Å²) < 4.78 is 15.9. The number of rotatable bonds is 8. The zero-order chi connectivity index (χ0) is 23.4. The predicted octanol–water partition coefficient (Wildman–Crippen LogP) is 3.98. The van der Waals surface area contributed by atoms with Crippen molar-refractivity contribution in [3.63, 3.8) is 0 Å². The van der Waals surface area contributed by atoms with Crippen molar-refractivity contribution >= 4 is 11.6 Å². The summed E-state index contributed by atoms with van der Waals surface area (Å²) in [6.07, 6.45) is 0.668. The molecule has 0 fully saturated rings. The normalized spacial score (nSPS) is 16.2. The van der Waals surface area contributed by atoms with Crippen molar-refractivity contribution in [2.75, 3.05) is 27.4 Å². The van der Waals surface area contributed by atoms with Crippen LogP contribution >= 0.6 is 0 Å². The maximum atomic E-state index is 13.0. The topological polar surface area (TPSA) is 110 Å². The first-order valence-electron chi connectivity index (χ1n) is 10.6. The van der Waals surface area contributed by atoms with E-state index >= 15 is 0 Å². The summed E-state index contributed by atoms with van der Waals surface area (Å²) in [6.45, 7) is 2.85. The lowest BCUT2D eigenvalue weighted by molar-refractivity contribution is 0.174. The number of aromatic nitrogens is 2. The third kappa shape index (κ3) is 4.54. The molecule has 0 aliphatic carbocycles. The Balaban J connectivity index is 1.78. The smallest absolute Gasteiger partial charge is 0.322 e. The van der Waals surface area contributed by atoms with E-state index in [0.717, 1.165) is 5.56 Å². The number of hydrogen-bond acceptors (Lipinski definition) is 7. The Bertz CT molecular complexity index is 1160. The van der Waals surface area contributed by atoms with Gasteiger partial charge < -0.3 is 24.4 Å². The maximum absolute atomic E-state index is 13.0. The van der Waals surface area contributed by atoms with Gasteiger partial charge in [0, 0.05) is 31.5 Å². The van der Waals surface area contributed by atoms with Crippen LogP contribution in [0.2, 0.25) is 0 Å². The van der Waals surface area contributed by atoms with Crippen molar-refractivity contribution in [3.8, 4) is 22.9 Å². The van der Waals surface area contributed by atoms with Crippen molar-refractivity contribution < 1.29 is 23.9 Å². The Labute approximate surface area is 191 Å². The van der Waals surface area contributed by atoms with E-state index < -0.39 is 6.04 Å². The number of hydrogen-bond donors (Lipinski definition) is 2. The second kappa shape index (κ2) is 9.74. The fourth-order valence-corrected chi connectivity index (χ4v) is 3.87. The zero-order valence-corrected chi connectivity index (χ0v) is 18.7. The molecule has 2 heterocycles. The van der Waals surface area contributed by atoms with Crippen LogP contribution in [0.4, 0.5) is 4.79 Å². The monoisotopic (exact) mass is 450 g/mol. The van der Waals surface area contributed by atoms with Gasteiger partial charge in [-0.3, -0.25) is 4.90 Å². The number of amides is 2. The van der Waals surface area contributed by atoms with Gasteiger partial charge in [0.2, 0.25) is 5.82 Å². The molecular formula is C24H26N4O5. The summed E-state index contributed by atoms with van der Waals surface area (Å²) in [7, 11) is 3.11. The standard InChI is InChI=1S/C24H26N4O5/c1-15-20(23-26-22(27-33-23)16-8-5-4-6-9-16)21(17-10-11-19(32-3)18(29)14-17)25-24(30)28(15)12-7-13-31-2/h4-6,8-11,14,21,29H,7,12-13H2,1-3H3,(H,25,30). The summed E-state index contributed by atoms with van der Waals surface area (Å²) in [6, 6.07) is 13.7. The van der Waals surface area contributed by atoms with E-state index in [4.69, 9.17) is 14.0 Å². The summed E-state index contributed by atoms with van der Waals surface area (Å²) in [5.41, 5.74) is 2.83. The number of phenolic OH excluding ortho intramolecular Hbond substituents is 1. The molecule has 1 aromatic heterocycles. The van der Waals surface area contributed by atoms with E-state index in [9.17, 15) is 9.90 Å². The van der Waals surface area contributed by atoms with Crippen LogP contribution in [-0.2, 0) is 4.74 Å². The average molecular weight is 450 g/mol. The molecule has 2 aromatic carbocycles. The van der Waals surface area contributed by atoms with Gasteiger partial charge in [0.05, 0.1) is 18.7 Å². The minimum atomic E-state index is -0.600. The summed E-state index contributed by atoms with van der Waals surface area (Å²) >= 11 is 0. The number of carbonyl (C=O) groups excluding carboxylic acids is 1. The number of nitrogens with zero attached hydrogens (tertiary/aromatic N) is 3. The first-order valence-corrected chi connectivity index (χ1v) is 10.6. The molecule has 2 amide bonds. The van der Waals surface area contributed by atoms with Gasteiger partial charge >= 0.3 is 6.03 Å². The Morgan fingerprint density at radius 2 is 1.97 bits per heavy atom. The van der Waals surface area contributed by atoms with Gasteiger partial charge in [-0.05, 0) is 31.0 Å². The summed E-state index contributed by atoms with van der Waals surface area (Å²) in [5.74, 6) is 1.06. The van der Waals surface area contributed by atoms with Crippen LogP contribution in [0.1, 0.15) is 30.8 Å². The van der Waals surface area contributed by atoms with Crippen LogP contribution in [0.15, 0.2) is 58.8 Å². The highest BCUT2D eigenvalue weighted by Gasteiger charge is 2.36. The SMILES string of the molecule is COCCCN1C(=O)NC(c2ccc(OC)c(O)c2)C(c2nc(-c3ccccc3)no2)=C1C. The Morgan fingerprint density at radius 3 is 2.67 bits per heavy atom. The Hall–Kier alpha value is -3.85. The van der Waals surface area contributed by atoms with E-state index in [1.165, 1.54) is 7.11 Å². The molecule has 0 saturated heterocycles. The van der Waals surface area contributed by atoms with Crippen molar-refractivity contribution in [1.82, 2.24) is 20.4 Å². The van der Waals surface area contributed by atoms with Gasteiger partial charge in [-0.2, -0.15) is 4.98 Å². The van der Waals surface area contributed by atoms with Gasteiger partial charge in [0.15, 0.2) is 11.5 Å². The Kier molecular flexibility index (Phi) is 6.60. The third-order valence-corrected chi connectivity index (χ3v) is 5.55. The van der Waals surface area contributed by atoms with Gasteiger partial charge in [-0.15, -0.1) is 0 Å². The van der Waals surface area contributed by atoms with Crippen molar-refractivity contribution in [2.24, 2.45) is 0 Å². The lowest BCUT2D eigenvalue weighted by atomic mass is 9.94. The van der Waals surface area contributed by atoms with Gasteiger partial charge in [-0.25, -0.2) is 4.79 Å². The molecule has 172 valence electrons. The maximum Gasteiger partial charge on any atom is 0.322 e. The number of methoxy groups -OCH3 is 2. The summed E-state index contributed by atoms with van der Waals surface area (Å²) in [4.78, 5) is 19.2. The number of aromatic hydroxyl groups is 1. The van der Waals surface area contributed by atoms with Gasteiger partial charge in [-0.1, -0.05) is 41.6 Å². The molecule has 1 aliphatic rings. The molecular weight excluding hydrogens is 424 g/mol. The quantitative estimate of drug-likeness (QED) is 0.500. The second-order valence-electron chi connectivity index (χ2n) is 7.60. The van der Waals surface area contributed by atoms with Crippen LogP contribution < -0.4 is 10.1 Å². The first kappa shape index (κ1) is 22.3. The molecule has 2 N–H and O–H groups in total. The van der Waals surface area contributed by atoms with Crippen LogP contribution in [0, 0.1) is 0 Å². The number of carbonyl (C=O) groups is 1. The van der Waals surface area contributed by atoms with E-state index in [2.05, 4.69) is 15.5 Å². The molecule has 0 bridgehead atoms. The fourth-order valence-electron chi connectivity index (χ4n) is 3.87. The molecule has 9 nitrogen and oxygen atoms in total. The van der Waals surface area contributed by atoms with Crippen molar-refractivity contribution in [1.29, 1.82) is 0 Å². The highest BCUT2D eigenvalue weighted by Crippen LogP contribution is 2.39. The zero-order valence-electron chi connectivity index (χ0n) is 18.7. The van der Waals surface area contributed by atoms with Crippen LogP contribution in [0.25, 0.3) is 17.0 Å². The minimum Gasteiger partial charge on any atom is -0.504 e. The van der Waals surface area contributed by atoms with Crippen molar-refractivity contribution in [3.05, 3.63) is 65.7 Å². The highest BCUT2D eigenvalue weighted by atomic mass is 16.5. The molecule has 4 rings (SSSR count). The second-order valence-corrected chi connectivity index (χ2v) is 7.60. The average Bonchev–Trinajstić information content (AvgIpc) is 3.31. The van der Waals surface area contributed by atoms with Crippen LogP contribution in [-0.4, -0.2) is 53.5 Å². The number of ether oxygens (including phenoxy) is 2. The number of urea groups is 1. The Morgan fingerprint density at radius 1 is 1.18 bits per heavy atom. The van der Waals surface area contributed by atoms with Gasteiger partial charge in [0.25, 0.3) is 5.89 Å². The molecule has 1 atom stereocenters. The first-order chi connectivity index (χ1) is 16.0. The number of benzene rings is 2. The van der Waals surface area contributed by atoms with E-state index in [1.807, 2.05) is 37.3 Å².